The fraction of sp³-hybridized carbons (Fsp3) is 0. The van der Waals surface area contributed by atoms with Crippen LogP contribution in [0.15, 0.2) is 200 Å². The molecule has 0 aliphatic heterocycles. The molecule has 0 aliphatic rings. The van der Waals surface area contributed by atoms with Crippen LogP contribution in [0.3, 0.4) is 0 Å². The molecule has 4 nitrogen and oxygen atoms in total. The van der Waals surface area contributed by atoms with Crippen molar-refractivity contribution in [3.63, 3.8) is 0 Å². The minimum atomic E-state index is -3.15. The molecule has 0 amide bonds. The van der Waals surface area contributed by atoms with Crippen molar-refractivity contribution in [1.82, 2.24) is 14.4 Å². The van der Waals surface area contributed by atoms with Crippen LogP contribution < -0.4 is 31.8 Å². The van der Waals surface area contributed by atoms with E-state index in [1.807, 2.05) is 84.9 Å². The second kappa shape index (κ2) is 13.4. The normalized spacial score (nSPS) is 12.1. The Morgan fingerprint density at radius 2 is 1.00 bits per heavy atom. The third-order valence-electron chi connectivity index (χ3n) is 10.6. The van der Waals surface area contributed by atoms with Crippen LogP contribution in [0.5, 0.6) is 0 Å². The molecular weight excluding hydrogens is 729 g/mol. The van der Waals surface area contributed by atoms with Crippen LogP contribution in [0.25, 0.3) is 49.6 Å². The van der Waals surface area contributed by atoms with E-state index in [9.17, 15) is 0 Å². The average molecular weight is 762 g/mol. The van der Waals surface area contributed by atoms with E-state index in [2.05, 4.69) is 114 Å². The Morgan fingerprint density at radius 1 is 0.455 bits per heavy atom. The molecule has 0 atom stereocenters. The molecule has 7 heteroatoms. The molecule has 7 aromatic carbocycles. The van der Waals surface area contributed by atoms with E-state index in [4.69, 9.17) is 21.8 Å². The molecular formula is C48H33N3OP2S. The highest BCUT2D eigenvalue weighted by Gasteiger charge is 2.30. The maximum Gasteiger partial charge on any atom is 0.172 e. The molecule has 10 aromatic rings. The molecule has 55 heavy (non-hydrogen) atoms. The maximum atomic E-state index is 15.0. The van der Waals surface area contributed by atoms with Gasteiger partial charge in [-0.3, -0.25) is 9.38 Å². The maximum absolute atomic E-state index is 15.0. The summed E-state index contributed by atoms with van der Waals surface area (Å²) >= 11 is 6.77. The lowest BCUT2D eigenvalue weighted by Gasteiger charge is -2.24. The molecule has 3 heterocycles. The zero-order valence-electron chi connectivity index (χ0n) is 29.6. The average Bonchev–Trinajstić information content (AvgIpc) is 3.67. The van der Waals surface area contributed by atoms with Crippen LogP contribution in [0.4, 0.5) is 0 Å². The number of hydrogen-bond acceptors (Lipinski definition) is 4. The van der Waals surface area contributed by atoms with E-state index in [-0.39, 0.29) is 0 Å². The summed E-state index contributed by atoms with van der Waals surface area (Å²) in [5.74, 6) is 0. The number of hydrogen-bond donors (Lipinski definition) is 0. The van der Waals surface area contributed by atoms with Crippen LogP contribution >= 0.6 is 13.2 Å². The highest BCUT2D eigenvalue weighted by molar-refractivity contribution is 8.25. The number of rotatable bonds is 7. The van der Waals surface area contributed by atoms with Crippen LogP contribution in [-0.2, 0) is 16.4 Å². The SMILES string of the molecule is O=P(c1ccccc1)(c1ccccc1)c1ccc(-c2ccc3c4ccccc4c4nc5ccc(P(=S)(c6ccccc6)c6ccccc6)cc5n4c3c2)nc1. The fourth-order valence-electron chi connectivity index (χ4n) is 7.89. The Balaban J connectivity index is 1.18. The van der Waals surface area contributed by atoms with Crippen molar-refractivity contribution in [3.05, 3.63) is 200 Å². The van der Waals surface area contributed by atoms with Gasteiger partial charge in [-0.15, -0.1) is 0 Å². The number of benzene rings is 7. The molecule has 0 unspecified atom stereocenters. The van der Waals surface area contributed by atoms with Gasteiger partial charge in [0.25, 0.3) is 0 Å². The summed E-state index contributed by atoms with van der Waals surface area (Å²) in [6.07, 6.45) is 1.79. The highest BCUT2D eigenvalue weighted by Crippen LogP contribution is 2.45. The summed E-state index contributed by atoms with van der Waals surface area (Å²) in [6, 6.07) is 63.7. The van der Waals surface area contributed by atoms with E-state index in [0.29, 0.717) is 5.30 Å². The summed E-state index contributed by atoms with van der Waals surface area (Å²) in [4.78, 5) is 10.2. The predicted molar refractivity (Wildman–Crippen MR) is 236 cm³/mol. The van der Waals surface area contributed by atoms with Crippen LogP contribution in [0.2, 0.25) is 0 Å². The largest absolute Gasteiger partial charge is 0.309 e. The number of aromatic nitrogens is 3. The standard InChI is InChI=1S/C48H33N3OP2S/c52-53(35-15-5-1-6-16-35,36-17-7-2-8-18-36)40-27-29-44(49-33-40)34-25-28-42-41-23-13-14-24-43(41)48-50-45-30-26-39(32-47(45)51(48)46(42)31-34)54(55,37-19-9-3-10-20-37)38-21-11-4-12-22-38/h1-33H. The lowest BCUT2D eigenvalue weighted by Crippen LogP contribution is -2.25. The number of pyridine rings is 2. The van der Waals surface area contributed by atoms with Gasteiger partial charge in [0.2, 0.25) is 0 Å². The van der Waals surface area contributed by atoms with Gasteiger partial charge in [0.05, 0.1) is 22.2 Å². The Hall–Kier alpha value is -5.96. The van der Waals surface area contributed by atoms with Crippen molar-refractivity contribution >= 4 is 95.2 Å². The first kappa shape index (κ1) is 33.6. The molecule has 3 aromatic heterocycles. The molecule has 0 spiro atoms. The van der Waals surface area contributed by atoms with Crippen molar-refractivity contribution in [1.29, 1.82) is 0 Å². The molecule has 0 radical (unpaired) electrons. The second-order valence-electron chi connectivity index (χ2n) is 13.7. The first-order valence-corrected chi connectivity index (χ1v) is 22.7. The molecule has 0 bridgehead atoms. The van der Waals surface area contributed by atoms with Gasteiger partial charge in [-0.2, -0.15) is 0 Å². The highest BCUT2D eigenvalue weighted by atomic mass is 32.4. The third kappa shape index (κ3) is 5.42. The van der Waals surface area contributed by atoms with E-state index in [1.165, 1.54) is 0 Å². The van der Waals surface area contributed by atoms with Crippen molar-refractivity contribution in [2.75, 3.05) is 0 Å². The molecule has 10 rings (SSSR count). The molecule has 0 fully saturated rings. The first-order chi connectivity index (χ1) is 27.0. The van der Waals surface area contributed by atoms with Crippen LogP contribution in [0.1, 0.15) is 0 Å². The van der Waals surface area contributed by atoms with Crippen LogP contribution in [0, 0.1) is 0 Å². The molecule has 0 saturated carbocycles. The van der Waals surface area contributed by atoms with E-state index < -0.39 is 13.2 Å². The van der Waals surface area contributed by atoms with Gasteiger partial charge in [0, 0.05) is 44.5 Å². The lowest BCUT2D eigenvalue weighted by atomic mass is 10.0. The van der Waals surface area contributed by atoms with Crippen LogP contribution in [-0.4, -0.2) is 14.4 Å². The summed E-state index contributed by atoms with van der Waals surface area (Å²) in [7, 11) is -3.15. The number of nitrogens with zero attached hydrogens (tertiary/aromatic N) is 3. The molecule has 0 saturated heterocycles. The first-order valence-electron chi connectivity index (χ1n) is 18.2. The number of imidazole rings is 1. The molecule has 0 N–H and O–H groups in total. The van der Waals surface area contributed by atoms with Gasteiger partial charge < -0.3 is 4.57 Å². The Labute approximate surface area is 324 Å². The van der Waals surface area contributed by atoms with Gasteiger partial charge in [-0.05, 0) is 51.6 Å². The summed E-state index contributed by atoms with van der Waals surface area (Å²) < 4.78 is 17.3. The van der Waals surface area contributed by atoms with Gasteiger partial charge in [-0.1, -0.05) is 176 Å². The van der Waals surface area contributed by atoms with Gasteiger partial charge in [-0.25, -0.2) is 4.98 Å². The summed E-state index contributed by atoms with van der Waals surface area (Å²) in [6.45, 7) is 0. The van der Waals surface area contributed by atoms with Gasteiger partial charge >= 0.3 is 0 Å². The Bertz CT molecular complexity index is 3050. The smallest absolute Gasteiger partial charge is 0.172 e. The quantitative estimate of drug-likeness (QED) is 0.120. The second-order valence-corrected chi connectivity index (χ2v) is 20.9. The minimum Gasteiger partial charge on any atom is -0.309 e. The van der Waals surface area contributed by atoms with Crippen molar-refractivity contribution < 1.29 is 4.57 Å². The predicted octanol–water partition coefficient (Wildman–Crippen LogP) is 9.25. The van der Waals surface area contributed by atoms with Crippen molar-refractivity contribution in [2.45, 2.75) is 0 Å². The molecule has 0 aliphatic carbocycles. The zero-order chi connectivity index (χ0) is 37.0. The topological polar surface area (TPSA) is 47.3 Å². The van der Waals surface area contributed by atoms with Gasteiger partial charge in [0.15, 0.2) is 7.14 Å². The minimum absolute atomic E-state index is 0.698. The van der Waals surface area contributed by atoms with E-state index in [0.717, 1.165) is 76.1 Å². The van der Waals surface area contributed by atoms with E-state index >= 15 is 4.57 Å². The lowest BCUT2D eigenvalue weighted by molar-refractivity contribution is 0.592. The molecule has 262 valence electrons. The monoisotopic (exact) mass is 761 g/mol. The third-order valence-corrected chi connectivity index (χ3v) is 18.6. The van der Waals surface area contributed by atoms with Crippen molar-refractivity contribution in [2.24, 2.45) is 0 Å². The van der Waals surface area contributed by atoms with E-state index in [1.54, 1.807) is 6.20 Å². The Kier molecular flexibility index (Phi) is 8.19. The number of fused-ring (bicyclic) bond motifs is 8. The van der Waals surface area contributed by atoms with Gasteiger partial charge in [0.1, 0.15) is 5.65 Å². The zero-order valence-corrected chi connectivity index (χ0v) is 32.2. The Morgan fingerprint density at radius 3 is 1.58 bits per heavy atom. The summed E-state index contributed by atoms with van der Waals surface area (Å²) in [5, 5.41) is 9.04. The fourth-order valence-corrected chi connectivity index (χ4v) is 14.2. The summed E-state index contributed by atoms with van der Waals surface area (Å²) in [5.41, 5.74) is 5.61. The van der Waals surface area contributed by atoms with Crippen molar-refractivity contribution in [3.8, 4) is 11.3 Å².